The lowest BCUT2D eigenvalue weighted by Crippen LogP contribution is -2.34. The summed E-state index contributed by atoms with van der Waals surface area (Å²) in [7, 11) is 0. The lowest BCUT2D eigenvalue weighted by Gasteiger charge is -2.32. The average molecular weight is 427 g/mol. The molecule has 1 aliphatic rings. The summed E-state index contributed by atoms with van der Waals surface area (Å²) in [6, 6.07) is 20.6. The van der Waals surface area contributed by atoms with E-state index in [4.69, 9.17) is 4.52 Å². The third kappa shape index (κ3) is 4.55. The molecule has 5 rings (SSSR count). The fourth-order valence-corrected chi connectivity index (χ4v) is 4.47. The van der Waals surface area contributed by atoms with Crippen molar-refractivity contribution in [1.82, 2.24) is 20.4 Å². The standard InChI is InChI=1S/C26H26N4O2/c31-26(28-16-19-10-12-27-13-11-19)25-15-24(29-32-25)22-8-4-14-30(18-22)17-21-7-3-6-20-5-1-2-9-23(20)21/h1-3,5-7,9-13,15,22H,4,8,14,16-18H2,(H,28,31). The van der Waals surface area contributed by atoms with E-state index in [0.29, 0.717) is 6.54 Å². The van der Waals surface area contributed by atoms with Crippen LogP contribution in [0.4, 0.5) is 0 Å². The molecule has 0 saturated carbocycles. The zero-order valence-electron chi connectivity index (χ0n) is 17.9. The molecule has 2 aromatic carbocycles. The Kier molecular flexibility index (Phi) is 5.94. The van der Waals surface area contributed by atoms with E-state index in [9.17, 15) is 4.79 Å². The molecular formula is C26H26N4O2. The summed E-state index contributed by atoms with van der Waals surface area (Å²) < 4.78 is 5.39. The van der Waals surface area contributed by atoms with Crippen LogP contribution in [0.2, 0.25) is 0 Å². The van der Waals surface area contributed by atoms with Crippen molar-refractivity contribution in [2.45, 2.75) is 31.8 Å². The van der Waals surface area contributed by atoms with Gasteiger partial charge in [-0.15, -0.1) is 0 Å². The van der Waals surface area contributed by atoms with Crippen molar-refractivity contribution in [2.24, 2.45) is 0 Å². The van der Waals surface area contributed by atoms with Gasteiger partial charge in [-0.25, -0.2) is 0 Å². The molecule has 6 nitrogen and oxygen atoms in total. The normalized spacial score (nSPS) is 16.8. The molecule has 1 amide bonds. The maximum Gasteiger partial charge on any atom is 0.290 e. The number of fused-ring (bicyclic) bond motifs is 1. The zero-order valence-corrected chi connectivity index (χ0v) is 17.9. The smallest absolute Gasteiger partial charge is 0.290 e. The number of nitrogens with one attached hydrogen (secondary N) is 1. The van der Waals surface area contributed by atoms with E-state index >= 15 is 0 Å². The summed E-state index contributed by atoms with van der Waals surface area (Å²) in [6.07, 6.45) is 5.57. The number of hydrogen-bond acceptors (Lipinski definition) is 5. The fourth-order valence-electron chi connectivity index (χ4n) is 4.47. The molecule has 1 fully saturated rings. The number of hydrogen-bond donors (Lipinski definition) is 1. The zero-order chi connectivity index (χ0) is 21.8. The summed E-state index contributed by atoms with van der Waals surface area (Å²) in [6.45, 7) is 3.32. The van der Waals surface area contributed by atoms with Gasteiger partial charge in [0.25, 0.3) is 5.91 Å². The van der Waals surface area contributed by atoms with Crippen molar-refractivity contribution in [2.75, 3.05) is 13.1 Å². The molecule has 32 heavy (non-hydrogen) atoms. The minimum Gasteiger partial charge on any atom is -0.351 e. The van der Waals surface area contributed by atoms with E-state index in [1.54, 1.807) is 18.5 Å². The van der Waals surface area contributed by atoms with Gasteiger partial charge in [-0.1, -0.05) is 47.6 Å². The number of likely N-dealkylation sites (tertiary alicyclic amines) is 1. The maximum atomic E-state index is 12.5. The van der Waals surface area contributed by atoms with E-state index < -0.39 is 0 Å². The van der Waals surface area contributed by atoms with Gasteiger partial charge in [0, 0.05) is 44.0 Å². The highest BCUT2D eigenvalue weighted by atomic mass is 16.5. The predicted octanol–water partition coefficient (Wildman–Crippen LogP) is 4.53. The second-order valence-electron chi connectivity index (χ2n) is 8.37. The number of benzene rings is 2. The molecule has 4 aromatic rings. The molecule has 6 heteroatoms. The Labute approximate surface area is 187 Å². The molecule has 1 N–H and O–H groups in total. The van der Waals surface area contributed by atoms with Crippen LogP contribution in [-0.2, 0) is 13.1 Å². The first kappa shape index (κ1) is 20.4. The van der Waals surface area contributed by atoms with E-state index in [-0.39, 0.29) is 17.6 Å². The fraction of sp³-hybridized carbons (Fsp3) is 0.269. The van der Waals surface area contributed by atoms with Crippen molar-refractivity contribution < 1.29 is 9.32 Å². The number of amides is 1. The van der Waals surface area contributed by atoms with Gasteiger partial charge in [0.05, 0.1) is 5.69 Å². The molecule has 162 valence electrons. The van der Waals surface area contributed by atoms with E-state index in [1.807, 2.05) is 12.1 Å². The van der Waals surface area contributed by atoms with Crippen LogP contribution in [0.3, 0.4) is 0 Å². The number of aromatic nitrogens is 2. The van der Waals surface area contributed by atoms with Crippen LogP contribution in [0.1, 0.15) is 46.1 Å². The minimum absolute atomic E-state index is 0.246. The first-order chi connectivity index (χ1) is 15.8. The second-order valence-corrected chi connectivity index (χ2v) is 8.37. The number of carbonyl (C=O) groups excluding carboxylic acids is 1. The molecule has 0 radical (unpaired) electrons. The Bertz CT molecular complexity index is 1200. The molecule has 2 aromatic heterocycles. The largest absolute Gasteiger partial charge is 0.351 e. The molecule has 3 heterocycles. The minimum atomic E-state index is -0.246. The SMILES string of the molecule is O=C(NCc1ccncc1)c1cc(C2CCCN(Cc3cccc4ccccc34)C2)no1. The van der Waals surface area contributed by atoms with E-state index in [1.165, 1.54) is 16.3 Å². The highest BCUT2D eigenvalue weighted by Gasteiger charge is 2.25. The number of piperidine rings is 1. The first-order valence-corrected chi connectivity index (χ1v) is 11.1. The number of nitrogens with zero attached hydrogens (tertiary/aromatic N) is 3. The summed E-state index contributed by atoms with van der Waals surface area (Å²) >= 11 is 0. The molecule has 1 unspecified atom stereocenters. The first-order valence-electron chi connectivity index (χ1n) is 11.1. The van der Waals surface area contributed by atoms with Crippen LogP contribution in [0, 0.1) is 0 Å². The van der Waals surface area contributed by atoms with Crippen LogP contribution in [0.15, 0.2) is 77.6 Å². The van der Waals surface area contributed by atoms with Crippen molar-refractivity contribution in [3.05, 3.63) is 95.6 Å². The Morgan fingerprint density at radius 2 is 1.94 bits per heavy atom. The lowest BCUT2D eigenvalue weighted by molar-refractivity contribution is 0.0913. The molecule has 1 atom stereocenters. The Balaban J connectivity index is 1.23. The molecule has 0 spiro atoms. The molecule has 1 saturated heterocycles. The van der Waals surface area contributed by atoms with E-state index in [0.717, 1.165) is 43.7 Å². The monoisotopic (exact) mass is 426 g/mol. The summed E-state index contributed by atoms with van der Waals surface area (Å²) in [5.41, 5.74) is 3.20. The second kappa shape index (κ2) is 9.32. The van der Waals surface area contributed by atoms with Crippen molar-refractivity contribution in [1.29, 1.82) is 0 Å². The van der Waals surface area contributed by atoms with Gasteiger partial charge < -0.3 is 9.84 Å². The average Bonchev–Trinajstić information content (AvgIpc) is 3.34. The van der Waals surface area contributed by atoms with Crippen molar-refractivity contribution in [3.63, 3.8) is 0 Å². The third-order valence-corrected chi connectivity index (χ3v) is 6.15. The maximum absolute atomic E-state index is 12.5. The van der Waals surface area contributed by atoms with Gasteiger partial charge in [-0.3, -0.25) is 14.7 Å². The number of pyridine rings is 1. The Morgan fingerprint density at radius 1 is 1.09 bits per heavy atom. The molecule has 0 bridgehead atoms. The lowest BCUT2D eigenvalue weighted by atomic mass is 9.94. The van der Waals surface area contributed by atoms with Gasteiger partial charge >= 0.3 is 0 Å². The molecular weight excluding hydrogens is 400 g/mol. The number of carbonyl (C=O) groups is 1. The van der Waals surface area contributed by atoms with Crippen LogP contribution in [-0.4, -0.2) is 34.0 Å². The summed E-state index contributed by atoms with van der Waals surface area (Å²) in [4.78, 5) is 18.9. The van der Waals surface area contributed by atoms with Crippen LogP contribution in [0.25, 0.3) is 10.8 Å². The van der Waals surface area contributed by atoms with Gasteiger partial charge in [0.15, 0.2) is 0 Å². The molecule has 1 aliphatic heterocycles. The predicted molar refractivity (Wildman–Crippen MR) is 123 cm³/mol. The highest BCUT2D eigenvalue weighted by Crippen LogP contribution is 2.29. The summed E-state index contributed by atoms with van der Waals surface area (Å²) in [5, 5.41) is 9.70. The quantitative estimate of drug-likeness (QED) is 0.490. The Hall–Kier alpha value is -3.51. The van der Waals surface area contributed by atoms with Crippen LogP contribution < -0.4 is 5.32 Å². The Morgan fingerprint density at radius 3 is 2.84 bits per heavy atom. The van der Waals surface area contributed by atoms with Crippen molar-refractivity contribution in [3.8, 4) is 0 Å². The van der Waals surface area contributed by atoms with Crippen molar-refractivity contribution >= 4 is 16.7 Å². The van der Waals surface area contributed by atoms with Gasteiger partial charge in [-0.05, 0) is 53.4 Å². The highest BCUT2D eigenvalue weighted by molar-refractivity contribution is 5.91. The van der Waals surface area contributed by atoms with Gasteiger partial charge in [0.2, 0.25) is 5.76 Å². The van der Waals surface area contributed by atoms with Gasteiger partial charge in [0.1, 0.15) is 0 Å². The summed E-state index contributed by atoms with van der Waals surface area (Å²) in [5.74, 6) is 0.286. The van der Waals surface area contributed by atoms with Crippen LogP contribution in [0.5, 0.6) is 0 Å². The van der Waals surface area contributed by atoms with Gasteiger partial charge in [-0.2, -0.15) is 0 Å². The molecule has 0 aliphatic carbocycles. The topological polar surface area (TPSA) is 71.3 Å². The third-order valence-electron chi connectivity index (χ3n) is 6.15. The number of rotatable bonds is 6. The van der Waals surface area contributed by atoms with E-state index in [2.05, 4.69) is 62.8 Å². The van der Waals surface area contributed by atoms with Crippen LogP contribution >= 0.6 is 0 Å².